The van der Waals surface area contributed by atoms with E-state index in [9.17, 15) is 9.59 Å². The second kappa shape index (κ2) is 11.2. The Bertz CT molecular complexity index is 772. The number of carbonyl (C=O) groups excluding carboxylic acids is 2. The lowest BCUT2D eigenvalue weighted by Gasteiger charge is -2.29. The molecule has 0 heterocycles. The third-order valence-electron chi connectivity index (χ3n) is 4.72. The largest absolute Gasteiger partial charge is 0.484 e. The fourth-order valence-electron chi connectivity index (χ4n) is 2.89. The first-order valence-electron chi connectivity index (χ1n) is 10.2. The lowest BCUT2D eigenvalue weighted by atomic mass is 10.1. The van der Waals surface area contributed by atoms with Crippen molar-refractivity contribution in [2.45, 2.75) is 40.2 Å². The van der Waals surface area contributed by atoms with Crippen LogP contribution in [0.25, 0.3) is 0 Å². The minimum Gasteiger partial charge on any atom is -0.484 e. The van der Waals surface area contributed by atoms with Crippen molar-refractivity contribution < 1.29 is 14.3 Å². The van der Waals surface area contributed by atoms with Gasteiger partial charge < -0.3 is 15.0 Å². The number of nitrogens with one attached hydrogen (secondary N) is 1. The molecule has 0 bridgehead atoms. The van der Waals surface area contributed by atoms with E-state index < -0.39 is 6.04 Å². The van der Waals surface area contributed by atoms with Crippen LogP contribution in [-0.4, -0.2) is 42.5 Å². The number of amides is 2. The highest BCUT2D eigenvalue weighted by Crippen LogP contribution is 2.12. The normalized spacial score (nSPS) is 11.8. The molecule has 0 saturated heterocycles. The van der Waals surface area contributed by atoms with E-state index in [1.807, 2.05) is 75.4 Å². The van der Waals surface area contributed by atoms with Gasteiger partial charge in [0.05, 0.1) is 0 Å². The molecule has 2 aromatic carbocycles. The summed E-state index contributed by atoms with van der Waals surface area (Å²) in [5.41, 5.74) is 2.25. The van der Waals surface area contributed by atoms with Gasteiger partial charge in [0.15, 0.2) is 6.61 Å². The SMILES string of the molecule is Cc1ccc(OCC(=O)N(CCc2ccccc2)[C@H](C)C(=O)NCC(C)C)cc1. The first-order valence-corrected chi connectivity index (χ1v) is 10.2. The van der Waals surface area contributed by atoms with Gasteiger partial charge in [-0.1, -0.05) is 61.9 Å². The Morgan fingerprint density at radius 1 is 1.00 bits per heavy atom. The van der Waals surface area contributed by atoms with Gasteiger partial charge >= 0.3 is 0 Å². The number of ether oxygens (including phenoxy) is 1. The van der Waals surface area contributed by atoms with E-state index >= 15 is 0 Å². The molecule has 5 heteroatoms. The summed E-state index contributed by atoms with van der Waals surface area (Å²) in [5.74, 6) is 0.650. The highest BCUT2D eigenvalue weighted by atomic mass is 16.5. The Hall–Kier alpha value is -2.82. The van der Waals surface area contributed by atoms with E-state index in [1.54, 1.807) is 11.8 Å². The zero-order valence-corrected chi connectivity index (χ0v) is 17.9. The van der Waals surface area contributed by atoms with Gasteiger partial charge in [-0.3, -0.25) is 9.59 Å². The molecule has 2 amide bonds. The lowest BCUT2D eigenvalue weighted by Crippen LogP contribution is -2.50. The summed E-state index contributed by atoms with van der Waals surface area (Å²) >= 11 is 0. The van der Waals surface area contributed by atoms with Crippen LogP contribution >= 0.6 is 0 Å². The molecule has 0 aromatic heterocycles. The minimum atomic E-state index is -0.563. The molecule has 0 unspecified atom stereocenters. The van der Waals surface area contributed by atoms with Crippen LogP contribution in [0.4, 0.5) is 0 Å². The molecule has 0 aliphatic carbocycles. The summed E-state index contributed by atoms with van der Waals surface area (Å²) in [6.45, 7) is 8.79. The molecule has 0 saturated carbocycles. The Morgan fingerprint density at radius 3 is 2.28 bits per heavy atom. The fourth-order valence-corrected chi connectivity index (χ4v) is 2.89. The smallest absolute Gasteiger partial charge is 0.261 e. The number of hydrogen-bond acceptors (Lipinski definition) is 3. The molecule has 156 valence electrons. The molecular weight excluding hydrogens is 364 g/mol. The standard InChI is InChI=1S/C24H32N2O3/c1-18(2)16-25-24(28)20(4)26(15-14-21-8-6-5-7-9-21)23(27)17-29-22-12-10-19(3)11-13-22/h5-13,18,20H,14-17H2,1-4H3,(H,25,28)/t20-/m1/s1. The monoisotopic (exact) mass is 396 g/mol. The first kappa shape index (κ1) is 22.5. The number of carbonyl (C=O) groups is 2. The van der Waals surface area contributed by atoms with Gasteiger partial charge in [0.2, 0.25) is 5.91 Å². The predicted molar refractivity (Wildman–Crippen MR) is 116 cm³/mol. The summed E-state index contributed by atoms with van der Waals surface area (Å²) in [6, 6.07) is 17.0. The van der Waals surface area contributed by atoms with Crippen molar-refractivity contribution in [3.05, 3.63) is 65.7 Å². The molecule has 29 heavy (non-hydrogen) atoms. The van der Waals surface area contributed by atoms with Crippen LogP contribution in [0.5, 0.6) is 5.75 Å². The van der Waals surface area contributed by atoms with Gasteiger partial charge in [-0.05, 0) is 43.9 Å². The maximum Gasteiger partial charge on any atom is 0.261 e. The Labute approximate surface area is 174 Å². The maximum atomic E-state index is 12.9. The van der Waals surface area contributed by atoms with Crippen LogP contribution in [0.1, 0.15) is 31.9 Å². The van der Waals surface area contributed by atoms with Gasteiger partial charge in [-0.15, -0.1) is 0 Å². The topological polar surface area (TPSA) is 58.6 Å². The molecule has 1 N–H and O–H groups in total. The number of rotatable bonds is 10. The lowest BCUT2D eigenvalue weighted by molar-refractivity contribution is -0.141. The molecular formula is C24H32N2O3. The highest BCUT2D eigenvalue weighted by Gasteiger charge is 2.26. The number of benzene rings is 2. The second-order valence-corrected chi connectivity index (χ2v) is 7.74. The van der Waals surface area contributed by atoms with E-state index in [0.29, 0.717) is 31.2 Å². The van der Waals surface area contributed by atoms with Gasteiger partial charge in [-0.25, -0.2) is 0 Å². The molecule has 0 aliphatic rings. The van der Waals surface area contributed by atoms with E-state index in [2.05, 4.69) is 5.32 Å². The summed E-state index contributed by atoms with van der Waals surface area (Å²) in [6.07, 6.45) is 0.679. The second-order valence-electron chi connectivity index (χ2n) is 7.74. The van der Waals surface area contributed by atoms with E-state index in [4.69, 9.17) is 4.74 Å². The number of aryl methyl sites for hydroxylation is 1. The Morgan fingerprint density at radius 2 is 1.66 bits per heavy atom. The average molecular weight is 397 g/mol. The van der Waals surface area contributed by atoms with Crippen molar-refractivity contribution in [2.75, 3.05) is 19.7 Å². The summed E-state index contributed by atoms with van der Waals surface area (Å²) < 4.78 is 5.66. The quantitative estimate of drug-likeness (QED) is 0.667. The van der Waals surface area contributed by atoms with Crippen LogP contribution in [0.3, 0.4) is 0 Å². The molecule has 0 radical (unpaired) electrons. The summed E-state index contributed by atoms with van der Waals surface area (Å²) in [4.78, 5) is 27.1. The van der Waals surface area contributed by atoms with Crippen molar-refractivity contribution in [1.82, 2.24) is 10.2 Å². The van der Waals surface area contributed by atoms with Crippen molar-refractivity contribution in [1.29, 1.82) is 0 Å². The number of hydrogen-bond donors (Lipinski definition) is 1. The van der Waals surface area contributed by atoms with Gasteiger partial charge in [0.25, 0.3) is 5.91 Å². The molecule has 0 fully saturated rings. The molecule has 5 nitrogen and oxygen atoms in total. The molecule has 0 aliphatic heterocycles. The highest BCUT2D eigenvalue weighted by molar-refractivity contribution is 5.88. The first-order chi connectivity index (χ1) is 13.9. The van der Waals surface area contributed by atoms with Gasteiger partial charge in [-0.2, -0.15) is 0 Å². The van der Waals surface area contributed by atoms with E-state index in [0.717, 1.165) is 11.1 Å². The zero-order valence-electron chi connectivity index (χ0n) is 17.9. The zero-order chi connectivity index (χ0) is 21.2. The number of nitrogens with zero attached hydrogens (tertiary/aromatic N) is 1. The van der Waals surface area contributed by atoms with Crippen LogP contribution in [0.15, 0.2) is 54.6 Å². The van der Waals surface area contributed by atoms with Crippen molar-refractivity contribution in [2.24, 2.45) is 5.92 Å². The molecule has 2 aromatic rings. The van der Waals surface area contributed by atoms with E-state index in [1.165, 1.54) is 0 Å². The van der Waals surface area contributed by atoms with E-state index in [-0.39, 0.29) is 18.4 Å². The van der Waals surface area contributed by atoms with Crippen molar-refractivity contribution in [3.8, 4) is 5.75 Å². The van der Waals surface area contributed by atoms with Crippen molar-refractivity contribution in [3.63, 3.8) is 0 Å². The Kier molecular flexibility index (Phi) is 8.71. The summed E-state index contributed by atoms with van der Waals surface area (Å²) in [7, 11) is 0. The van der Waals surface area contributed by atoms with Crippen molar-refractivity contribution >= 4 is 11.8 Å². The van der Waals surface area contributed by atoms with Gasteiger partial charge in [0, 0.05) is 13.1 Å². The maximum absolute atomic E-state index is 12.9. The average Bonchev–Trinajstić information content (AvgIpc) is 2.72. The van der Waals surface area contributed by atoms with Crippen LogP contribution in [0.2, 0.25) is 0 Å². The summed E-state index contributed by atoms with van der Waals surface area (Å²) in [5, 5.41) is 2.92. The van der Waals surface area contributed by atoms with Crippen LogP contribution in [0, 0.1) is 12.8 Å². The minimum absolute atomic E-state index is 0.0976. The fraction of sp³-hybridized carbons (Fsp3) is 0.417. The molecule has 0 spiro atoms. The third kappa shape index (κ3) is 7.60. The molecule has 2 rings (SSSR count). The van der Waals surface area contributed by atoms with Crippen LogP contribution in [-0.2, 0) is 16.0 Å². The van der Waals surface area contributed by atoms with Gasteiger partial charge in [0.1, 0.15) is 11.8 Å². The molecule has 1 atom stereocenters. The van der Waals surface area contributed by atoms with Crippen LogP contribution < -0.4 is 10.1 Å². The Balaban J connectivity index is 2.03. The predicted octanol–water partition coefficient (Wildman–Crippen LogP) is 3.61. The third-order valence-corrected chi connectivity index (χ3v) is 4.72.